The Kier molecular flexibility index (Phi) is 6.24. The summed E-state index contributed by atoms with van der Waals surface area (Å²) in [6, 6.07) is 2.80. The van der Waals surface area contributed by atoms with Crippen LogP contribution in [0.25, 0.3) is 0 Å². The van der Waals surface area contributed by atoms with E-state index in [0.29, 0.717) is 11.3 Å². The molecule has 0 unspecified atom stereocenters. The van der Waals surface area contributed by atoms with Gasteiger partial charge in [-0.2, -0.15) is 8.78 Å². The first kappa shape index (κ1) is 20.5. The molecule has 0 spiro atoms. The highest BCUT2D eigenvalue weighted by atomic mass is 19.3. The van der Waals surface area contributed by atoms with E-state index >= 15 is 0 Å². The van der Waals surface area contributed by atoms with Crippen molar-refractivity contribution in [3.63, 3.8) is 0 Å². The van der Waals surface area contributed by atoms with Crippen LogP contribution in [0.5, 0.6) is 11.5 Å². The monoisotopic (exact) mass is 384 g/mol. The molecule has 1 heterocycles. The predicted octanol–water partition coefficient (Wildman–Crippen LogP) is 3.22. The second kappa shape index (κ2) is 8.24. The van der Waals surface area contributed by atoms with E-state index in [9.17, 15) is 18.4 Å². The van der Waals surface area contributed by atoms with E-state index in [1.54, 1.807) is 26.8 Å². The number of allylic oxidation sites excluding steroid dienone is 1. The van der Waals surface area contributed by atoms with Crippen molar-refractivity contribution in [1.82, 2.24) is 10.2 Å². The first-order valence-electron chi connectivity index (χ1n) is 8.22. The lowest BCUT2D eigenvalue weighted by atomic mass is 9.94. The summed E-state index contributed by atoms with van der Waals surface area (Å²) in [5, 5.41) is 2.72. The van der Waals surface area contributed by atoms with Crippen LogP contribution < -0.4 is 14.8 Å². The zero-order valence-corrected chi connectivity index (χ0v) is 15.7. The predicted molar refractivity (Wildman–Crippen MR) is 92.6 cm³/mol. The Labute approximate surface area is 155 Å². The zero-order valence-electron chi connectivity index (χ0n) is 15.7. The van der Waals surface area contributed by atoms with Gasteiger partial charge >= 0.3 is 18.6 Å². The van der Waals surface area contributed by atoms with Gasteiger partial charge in [-0.1, -0.05) is 6.07 Å². The number of carbonyl (C=O) groups excluding carboxylic acids is 2. The average Bonchev–Trinajstić information content (AvgIpc) is 2.59. The van der Waals surface area contributed by atoms with Gasteiger partial charge in [-0.3, -0.25) is 4.90 Å². The van der Waals surface area contributed by atoms with Crippen LogP contribution in [0.3, 0.4) is 0 Å². The van der Waals surface area contributed by atoms with Gasteiger partial charge in [-0.05, 0) is 38.5 Å². The number of amides is 2. The van der Waals surface area contributed by atoms with Crippen LogP contribution in [0.1, 0.15) is 32.4 Å². The van der Waals surface area contributed by atoms with Gasteiger partial charge in [0.1, 0.15) is 0 Å². The van der Waals surface area contributed by atoms with Crippen LogP contribution in [-0.2, 0) is 9.53 Å². The summed E-state index contributed by atoms with van der Waals surface area (Å²) in [5.41, 5.74) is 1.01. The molecule has 0 bridgehead atoms. The maximum absolute atomic E-state index is 12.7. The normalized spacial score (nSPS) is 17.3. The highest BCUT2D eigenvalue weighted by molar-refractivity contribution is 5.95. The van der Waals surface area contributed by atoms with Crippen LogP contribution in [0.15, 0.2) is 29.5 Å². The fraction of sp³-hybridized carbons (Fsp3) is 0.444. The van der Waals surface area contributed by atoms with Gasteiger partial charge < -0.3 is 19.5 Å². The van der Waals surface area contributed by atoms with Crippen molar-refractivity contribution in [3.05, 3.63) is 35.0 Å². The minimum absolute atomic E-state index is 0.102. The van der Waals surface area contributed by atoms with Crippen molar-refractivity contribution in [2.24, 2.45) is 0 Å². The van der Waals surface area contributed by atoms with Gasteiger partial charge in [0.2, 0.25) is 0 Å². The number of hydrogen-bond donors (Lipinski definition) is 1. The van der Waals surface area contributed by atoms with Crippen LogP contribution in [-0.4, -0.2) is 43.8 Å². The number of methoxy groups -OCH3 is 2. The Bertz CT molecular complexity index is 764. The van der Waals surface area contributed by atoms with Gasteiger partial charge in [0, 0.05) is 11.7 Å². The number of nitrogens with one attached hydrogen (secondary N) is 1. The highest BCUT2D eigenvalue weighted by Gasteiger charge is 2.37. The number of halogens is 2. The van der Waals surface area contributed by atoms with Crippen molar-refractivity contribution in [1.29, 1.82) is 0 Å². The summed E-state index contributed by atoms with van der Waals surface area (Å²) in [7, 11) is 2.55. The molecule has 0 fully saturated rings. The van der Waals surface area contributed by atoms with Crippen molar-refractivity contribution < 1.29 is 32.6 Å². The molecule has 1 aromatic carbocycles. The van der Waals surface area contributed by atoms with Crippen LogP contribution in [0, 0.1) is 0 Å². The number of ether oxygens (including phenoxy) is 3. The molecule has 0 radical (unpaired) electrons. The molecular weight excluding hydrogens is 362 g/mol. The maximum atomic E-state index is 12.7. The summed E-state index contributed by atoms with van der Waals surface area (Å²) < 4.78 is 39.8. The van der Waals surface area contributed by atoms with E-state index in [4.69, 9.17) is 9.47 Å². The third-order valence-corrected chi connectivity index (χ3v) is 4.19. The summed E-state index contributed by atoms with van der Waals surface area (Å²) in [6.07, 6.45) is 0. The lowest BCUT2D eigenvalue weighted by Crippen LogP contribution is -2.50. The Morgan fingerprint density at radius 2 is 1.89 bits per heavy atom. The molecule has 1 N–H and O–H groups in total. The Morgan fingerprint density at radius 3 is 2.41 bits per heavy atom. The molecule has 1 aromatic rings. The van der Waals surface area contributed by atoms with E-state index in [1.165, 1.54) is 31.3 Å². The molecule has 148 valence electrons. The molecule has 7 nitrogen and oxygen atoms in total. The molecule has 0 saturated heterocycles. The van der Waals surface area contributed by atoms with Gasteiger partial charge in [0.05, 0.1) is 25.8 Å². The number of esters is 1. The molecule has 0 aromatic heterocycles. The molecule has 1 aliphatic rings. The maximum Gasteiger partial charge on any atom is 0.387 e. The van der Waals surface area contributed by atoms with Gasteiger partial charge in [-0.25, -0.2) is 9.59 Å². The molecule has 27 heavy (non-hydrogen) atoms. The fourth-order valence-corrected chi connectivity index (χ4v) is 3.06. The molecule has 0 aliphatic carbocycles. The fourth-order valence-electron chi connectivity index (χ4n) is 3.06. The molecule has 2 rings (SSSR count). The minimum atomic E-state index is -3.05. The number of carbonyl (C=O) groups is 2. The van der Waals surface area contributed by atoms with E-state index in [2.05, 4.69) is 10.1 Å². The largest absolute Gasteiger partial charge is 0.493 e. The summed E-state index contributed by atoms with van der Waals surface area (Å²) in [5.74, 6) is -0.729. The van der Waals surface area contributed by atoms with E-state index in [0.717, 1.165) is 0 Å². The first-order chi connectivity index (χ1) is 12.7. The standard InChI is InChI=1S/C18H22F2N2O5/c1-9(2)22-10(3)14(16(23)26-5)15(21-18(22)24)11-6-7-12(25-4)13(8-11)27-17(19)20/h6-9,15,17H,1-5H3,(H,21,24)/t15-/m1/s1. The van der Waals surface area contributed by atoms with Crippen LogP contribution >= 0.6 is 0 Å². The second-order valence-corrected chi connectivity index (χ2v) is 6.13. The minimum Gasteiger partial charge on any atom is -0.493 e. The lowest BCUT2D eigenvalue weighted by Gasteiger charge is -2.37. The zero-order chi connectivity index (χ0) is 20.3. The van der Waals surface area contributed by atoms with Gasteiger partial charge in [0.25, 0.3) is 0 Å². The summed E-state index contributed by atoms with van der Waals surface area (Å²) in [4.78, 5) is 26.3. The Morgan fingerprint density at radius 1 is 1.22 bits per heavy atom. The van der Waals surface area contributed by atoms with E-state index in [-0.39, 0.29) is 23.1 Å². The second-order valence-electron chi connectivity index (χ2n) is 6.13. The Balaban J connectivity index is 2.58. The van der Waals surface area contributed by atoms with Crippen LogP contribution in [0.2, 0.25) is 0 Å². The molecule has 2 amide bonds. The third kappa shape index (κ3) is 4.12. The molecule has 0 saturated carbocycles. The number of benzene rings is 1. The topological polar surface area (TPSA) is 77.1 Å². The number of hydrogen-bond acceptors (Lipinski definition) is 5. The number of nitrogens with zero attached hydrogens (tertiary/aromatic N) is 1. The van der Waals surface area contributed by atoms with Crippen molar-refractivity contribution >= 4 is 12.0 Å². The quantitative estimate of drug-likeness (QED) is 0.762. The first-order valence-corrected chi connectivity index (χ1v) is 8.22. The van der Waals surface area contributed by atoms with Gasteiger partial charge in [-0.15, -0.1) is 0 Å². The lowest BCUT2D eigenvalue weighted by molar-refractivity contribution is -0.136. The number of alkyl halides is 2. The highest BCUT2D eigenvalue weighted by Crippen LogP contribution is 2.37. The Hall–Kier alpha value is -2.84. The number of rotatable bonds is 6. The summed E-state index contributed by atoms with van der Waals surface area (Å²) in [6.45, 7) is 2.20. The smallest absolute Gasteiger partial charge is 0.387 e. The van der Waals surface area contributed by atoms with Crippen molar-refractivity contribution in [2.75, 3.05) is 14.2 Å². The molecule has 9 heteroatoms. The number of urea groups is 1. The van der Waals surface area contributed by atoms with Crippen LogP contribution in [0.4, 0.5) is 13.6 Å². The molecular formula is C18H22F2N2O5. The molecule has 1 aliphatic heterocycles. The van der Waals surface area contributed by atoms with Crippen molar-refractivity contribution in [3.8, 4) is 11.5 Å². The third-order valence-electron chi connectivity index (χ3n) is 4.19. The van der Waals surface area contributed by atoms with Crippen molar-refractivity contribution in [2.45, 2.75) is 39.5 Å². The summed E-state index contributed by atoms with van der Waals surface area (Å²) >= 11 is 0. The van der Waals surface area contributed by atoms with Gasteiger partial charge in [0.15, 0.2) is 11.5 Å². The SMILES string of the molecule is COC(=O)C1=C(C)N(C(C)C)C(=O)N[C@@H]1c1ccc(OC)c(OC(F)F)c1. The van der Waals surface area contributed by atoms with E-state index in [1.807, 2.05) is 0 Å². The van der Waals surface area contributed by atoms with E-state index < -0.39 is 24.7 Å². The average molecular weight is 384 g/mol. The molecule has 1 atom stereocenters.